The second kappa shape index (κ2) is 8.99. The molecule has 1 aromatic heterocycles. The van der Waals surface area contributed by atoms with Gasteiger partial charge in [-0.25, -0.2) is 4.98 Å². The van der Waals surface area contributed by atoms with Crippen molar-refractivity contribution in [3.05, 3.63) is 12.2 Å². The Kier molecular flexibility index (Phi) is 7.66. The molecule has 1 atom stereocenters. The van der Waals surface area contributed by atoms with E-state index in [2.05, 4.69) is 27.1 Å². The van der Waals surface area contributed by atoms with Crippen molar-refractivity contribution >= 4 is 0 Å². The Morgan fingerprint density at radius 3 is 2.76 bits per heavy atom. The number of hydrogen-bond donors (Lipinski definition) is 1. The van der Waals surface area contributed by atoms with Gasteiger partial charge in [-0.15, -0.1) is 0 Å². The fourth-order valence-corrected chi connectivity index (χ4v) is 2.04. The minimum Gasteiger partial charge on any atom is -0.372 e. The Hall–Kier alpha value is -1.15. The Morgan fingerprint density at radius 2 is 2.14 bits per heavy atom. The zero-order valence-electron chi connectivity index (χ0n) is 12.5. The lowest BCUT2D eigenvalue weighted by molar-refractivity contribution is -0.174. The van der Waals surface area contributed by atoms with Crippen LogP contribution in [-0.4, -0.2) is 46.7 Å². The van der Waals surface area contributed by atoms with E-state index in [1.807, 2.05) is 11.6 Å². The summed E-state index contributed by atoms with van der Waals surface area (Å²) < 4.78 is 42.5. The molecule has 0 aliphatic heterocycles. The van der Waals surface area contributed by atoms with Gasteiger partial charge in [-0.2, -0.15) is 18.3 Å². The van der Waals surface area contributed by atoms with Gasteiger partial charge in [0.15, 0.2) is 0 Å². The van der Waals surface area contributed by atoms with Crippen LogP contribution >= 0.6 is 0 Å². The molecule has 1 N–H and O–H groups in total. The van der Waals surface area contributed by atoms with Crippen molar-refractivity contribution in [1.29, 1.82) is 0 Å². The maximum absolute atomic E-state index is 12.0. The summed E-state index contributed by atoms with van der Waals surface area (Å²) in [5.74, 6) is 0.846. The molecule has 1 rings (SSSR count). The second-order valence-electron chi connectivity index (χ2n) is 4.81. The zero-order chi connectivity index (χ0) is 15.7. The molecule has 1 aromatic rings. The van der Waals surface area contributed by atoms with Crippen LogP contribution in [-0.2, 0) is 17.7 Å². The molecule has 1 heterocycles. The molecule has 0 aliphatic carbocycles. The average molecular weight is 308 g/mol. The minimum absolute atomic E-state index is 0.0306. The van der Waals surface area contributed by atoms with Crippen LogP contribution in [0.4, 0.5) is 13.2 Å². The van der Waals surface area contributed by atoms with Crippen LogP contribution in [0, 0.1) is 0 Å². The van der Waals surface area contributed by atoms with Crippen LogP contribution in [0.3, 0.4) is 0 Å². The molecular weight excluding hydrogens is 285 g/mol. The van der Waals surface area contributed by atoms with Gasteiger partial charge in [-0.3, -0.25) is 4.68 Å². The molecule has 0 spiro atoms. The quantitative estimate of drug-likeness (QED) is 0.673. The first kappa shape index (κ1) is 17.9. The van der Waals surface area contributed by atoms with Crippen LogP contribution < -0.4 is 5.32 Å². The number of ether oxygens (including phenoxy) is 1. The highest BCUT2D eigenvalue weighted by molar-refractivity contribution is 4.89. The first-order valence-electron chi connectivity index (χ1n) is 7.20. The van der Waals surface area contributed by atoms with Gasteiger partial charge in [-0.1, -0.05) is 13.8 Å². The van der Waals surface area contributed by atoms with E-state index >= 15 is 0 Å². The van der Waals surface area contributed by atoms with Gasteiger partial charge in [0.1, 0.15) is 18.8 Å². The number of alkyl halides is 3. The molecule has 5 nitrogen and oxygen atoms in total. The molecule has 0 fully saturated rings. The van der Waals surface area contributed by atoms with Crippen molar-refractivity contribution in [3.8, 4) is 0 Å². The first-order valence-corrected chi connectivity index (χ1v) is 7.20. The van der Waals surface area contributed by atoms with E-state index in [1.165, 1.54) is 6.33 Å². The number of aryl methyl sites for hydroxylation is 1. The summed E-state index contributed by atoms with van der Waals surface area (Å²) in [7, 11) is 0. The predicted molar refractivity (Wildman–Crippen MR) is 73.0 cm³/mol. The van der Waals surface area contributed by atoms with E-state index in [4.69, 9.17) is 0 Å². The Bertz CT molecular complexity index is 395. The number of hydrogen-bond acceptors (Lipinski definition) is 4. The van der Waals surface area contributed by atoms with Crippen LogP contribution in [0.1, 0.15) is 32.5 Å². The normalized spacial score (nSPS) is 13.6. The third-order valence-corrected chi connectivity index (χ3v) is 2.93. The lowest BCUT2D eigenvalue weighted by atomic mass is 10.1. The molecule has 0 saturated carbocycles. The van der Waals surface area contributed by atoms with E-state index in [9.17, 15) is 13.2 Å². The lowest BCUT2D eigenvalue weighted by Crippen LogP contribution is -2.33. The molecule has 0 bridgehead atoms. The molecular formula is C13H23F3N4O. The lowest BCUT2D eigenvalue weighted by Gasteiger charge is -2.18. The fourth-order valence-electron chi connectivity index (χ4n) is 2.04. The molecule has 21 heavy (non-hydrogen) atoms. The van der Waals surface area contributed by atoms with E-state index in [1.54, 1.807) is 0 Å². The molecule has 0 aliphatic rings. The number of likely N-dealkylation sites (N-methyl/N-ethyl adjacent to an activating group) is 1. The maximum atomic E-state index is 12.0. The molecule has 0 aromatic carbocycles. The second-order valence-corrected chi connectivity index (χ2v) is 4.81. The third kappa shape index (κ3) is 7.42. The SMILES string of the molecule is CCCn1ncnc1CC(CCOCC(F)(F)F)NCC. The Morgan fingerprint density at radius 1 is 1.38 bits per heavy atom. The van der Waals surface area contributed by atoms with E-state index < -0.39 is 12.8 Å². The molecule has 122 valence electrons. The molecule has 0 amide bonds. The summed E-state index contributed by atoms with van der Waals surface area (Å²) in [6.07, 6.45) is -0.674. The Balaban J connectivity index is 2.43. The van der Waals surface area contributed by atoms with Crippen molar-refractivity contribution in [2.24, 2.45) is 0 Å². The summed E-state index contributed by atoms with van der Waals surface area (Å²) in [5, 5.41) is 7.39. The van der Waals surface area contributed by atoms with E-state index in [-0.39, 0.29) is 12.6 Å². The number of halogens is 3. The van der Waals surface area contributed by atoms with Gasteiger partial charge in [0.25, 0.3) is 0 Å². The van der Waals surface area contributed by atoms with Crippen LogP contribution in [0.2, 0.25) is 0 Å². The van der Waals surface area contributed by atoms with Gasteiger partial charge in [-0.05, 0) is 19.4 Å². The minimum atomic E-state index is -4.27. The maximum Gasteiger partial charge on any atom is 0.411 e. The molecule has 1 unspecified atom stereocenters. The van der Waals surface area contributed by atoms with Crippen molar-refractivity contribution in [2.75, 3.05) is 19.8 Å². The first-order chi connectivity index (χ1) is 9.96. The van der Waals surface area contributed by atoms with Gasteiger partial charge < -0.3 is 10.1 Å². The highest BCUT2D eigenvalue weighted by atomic mass is 19.4. The fraction of sp³-hybridized carbons (Fsp3) is 0.846. The largest absolute Gasteiger partial charge is 0.411 e. The van der Waals surface area contributed by atoms with Gasteiger partial charge in [0, 0.05) is 25.6 Å². The van der Waals surface area contributed by atoms with Crippen LogP contribution in [0.15, 0.2) is 6.33 Å². The Labute approximate surface area is 122 Å². The molecule has 8 heteroatoms. The zero-order valence-corrected chi connectivity index (χ0v) is 12.5. The topological polar surface area (TPSA) is 52.0 Å². The predicted octanol–water partition coefficient (Wildman–Crippen LogP) is 2.18. The average Bonchev–Trinajstić information content (AvgIpc) is 2.81. The number of nitrogens with one attached hydrogen (secondary N) is 1. The molecule has 0 radical (unpaired) electrons. The monoisotopic (exact) mass is 308 g/mol. The van der Waals surface area contributed by atoms with E-state index in [0.717, 1.165) is 25.3 Å². The highest BCUT2D eigenvalue weighted by Crippen LogP contribution is 2.14. The summed E-state index contributed by atoms with van der Waals surface area (Å²) >= 11 is 0. The molecule has 0 saturated heterocycles. The standard InChI is InChI=1S/C13H23F3N4O/c1-3-6-20-12(18-10-19-20)8-11(17-4-2)5-7-21-9-13(14,15)16/h10-11,17H,3-9H2,1-2H3. The highest BCUT2D eigenvalue weighted by Gasteiger charge is 2.27. The van der Waals surface area contributed by atoms with Gasteiger partial charge in [0.05, 0.1) is 0 Å². The van der Waals surface area contributed by atoms with Crippen LogP contribution in [0.25, 0.3) is 0 Å². The number of rotatable bonds is 10. The summed E-state index contributed by atoms with van der Waals surface area (Å²) in [6.45, 7) is 4.42. The van der Waals surface area contributed by atoms with Crippen molar-refractivity contribution in [1.82, 2.24) is 20.1 Å². The number of nitrogens with zero attached hydrogens (tertiary/aromatic N) is 3. The summed E-state index contributed by atoms with van der Waals surface area (Å²) in [5.41, 5.74) is 0. The van der Waals surface area contributed by atoms with Gasteiger partial charge in [0.2, 0.25) is 0 Å². The van der Waals surface area contributed by atoms with Crippen LogP contribution in [0.5, 0.6) is 0 Å². The number of aromatic nitrogens is 3. The van der Waals surface area contributed by atoms with Gasteiger partial charge >= 0.3 is 6.18 Å². The van der Waals surface area contributed by atoms with Crippen molar-refractivity contribution in [2.45, 2.75) is 51.9 Å². The van der Waals surface area contributed by atoms with Crippen molar-refractivity contribution < 1.29 is 17.9 Å². The summed E-state index contributed by atoms with van der Waals surface area (Å²) in [4.78, 5) is 4.22. The smallest absolute Gasteiger partial charge is 0.372 e. The summed E-state index contributed by atoms with van der Waals surface area (Å²) in [6, 6.07) is 0.0306. The third-order valence-electron chi connectivity index (χ3n) is 2.93. The van der Waals surface area contributed by atoms with E-state index in [0.29, 0.717) is 12.8 Å². The van der Waals surface area contributed by atoms with Crippen molar-refractivity contribution in [3.63, 3.8) is 0 Å².